The second-order valence-corrected chi connectivity index (χ2v) is 7.86. The molecule has 1 aliphatic rings. The summed E-state index contributed by atoms with van der Waals surface area (Å²) < 4.78 is 1.88. The van der Waals surface area contributed by atoms with Crippen molar-refractivity contribution in [1.29, 1.82) is 0 Å². The smallest absolute Gasteiger partial charge is 0.238 e. The van der Waals surface area contributed by atoms with Gasteiger partial charge in [0.25, 0.3) is 0 Å². The van der Waals surface area contributed by atoms with Crippen molar-refractivity contribution in [3.63, 3.8) is 0 Å². The highest BCUT2D eigenvalue weighted by molar-refractivity contribution is 5.93. The molecule has 1 aromatic heterocycles. The molecule has 2 aromatic carbocycles. The summed E-state index contributed by atoms with van der Waals surface area (Å²) in [5.74, 6) is -0.00522. The average Bonchev–Trinajstić information content (AvgIpc) is 3.02. The zero-order valence-corrected chi connectivity index (χ0v) is 17.4. The zero-order valence-electron chi connectivity index (χ0n) is 17.4. The number of hydrogen-bond acceptors (Lipinski definition) is 3. The Bertz CT molecular complexity index is 1010. The van der Waals surface area contributed by atoms with Crippen LogP contribution in [0.2, 0.25) is 0 Å². The lowest BCUT2D eigenvalue weighted by Crippen LogP contribution is -2.35. The van der Waals surface area contributed by atoms with E-state index in [-0.39, 0.29) is 5.91 Å². The van der Waals surface area contributed by atoms with Crippen LogP contribution in [-0.4, -0.2) is 34.2 Å². The van der Waals surface area contributed by atoms with E-state index in [2.05, 4.69) is 39.6 Å². The van der Waals surface area contributed by atoms with E-state index in [1.165, 1.54) is 11.1 Å². The van der Waals surface area contributed by atoms with Gasteiger partial charge in [-0.2, -0.15) is 5.10 Å². The van der Waals surface area contributed by atoms with Gasteiger partial charge in [-0.25, -0.2) is 4.68 Å². The normalized spacial score (nSPS) is 15.9. The molecule has 5 nitrogen and oxygen atoms in total. The fraction of sp³-hybridized carbons (Fsp3) is 0.333. The second kappa shape index (κ2) is 8.21. The number of aryl methyl sites for hydroxylation is 2. The van der Waals surface area contributed by atoms with Gasteiger partial charge in [0.05, 0.1) is 29.3 Å². The Labute approximate surface area is 172 Å². The summed E-state index contributed by atoms with van der Waals surface area (Å²) in [5.41, 5.74) is 6.32. The summed E-state index contributed by atoms with van der Waals surface area (Å²) in [6.45, 7) is 4.28. The third-order valence-corrected chi connectivity index (χ3v) is 5.82. The van der Waals surface area contributed by atoms with Crippen molar-refractivity contribution in [2.75, 3.05) is 18.9 Å². The summed E-state index contributed by atoms with van der Waals surface area (Å²) in [6.07, 6.45) is 3.38. The molecule has 4 rings (SSSR count). The Morgan fingerprint density at radius 3 is 2.66 bits per heavy atom. The number of benzene rings is 2. The van der Waals surface area contributed by atoms with Crippen molar-refractivity contribution in [1.82, 2.24) is 14.7 Å². The van der Waals surface area contributed by atoms with E-state index in [0.29, 0.717) is 12.6 Å². The number of likely N-dealkylation sites (N-methyl/N-ethyl adjacent to an activating group) is 1. The van der Waals surface area contributed by atoms with E-state index in [1.54, 1.807) is 0 Å². The number of carbonyl (C=O) groups is 1. The summed E-state index contributed by atoms with van der Waals surface area (Å²) in [7, 11) is 2.04. The SMILES string of the molecule is Cc1nn(-c2ccccc2)c(C)c1NC(=O)CN(C)C1CCCc2ccccc21. The Kier molecular flexibility index (Phi) is 5.49. The largest absolute Gasteiger partial charge is 0.322 e. The molecule has 1 aliphatic carbocycles. The molecule has 0 saturated carbocycles. The monoisotopic (exact) mass is 388 g/mol. The number of rotatable bonds is 5. The number of fused-ring (bicyclic) bond motifs is 1. The average molecular weight is 389 g/mol. The first kappa shape index (κ1) is 19.4. The minimum absolute atomic E-state index is 0.00522. The summed E-state index contributed by atoms with van der Waals surface area (Å²) in [6, 6.07) is 18.9. The molecule has 0 fully saturated rings. The van der Waals surface area contributed by atoms with Crippen molar-refractivity contribution in [2.24, 2.45) is 0 Å². The molecule has 5 heteroatoms. The van der Waals surface area contributed by atoms with Crippen LogP contribution >= 0.6 is 0 Å². The summed E-state index contributed by atoms with van der Waals surface area (Å²) in [4.78, 5) is 15.0. The third kappa shape index (κ3) is 3.96. The number of hydrogen-bond donors (Lipinski definition) is 1. The first-order valence-corrected chi connectivity index (χ1v) is 10.2. The van der Waals surface area contributed by atoms with E-state index < -0.39 is 0 Å². The lowest BCUT2D eigenvalue weighted by atomic mass is 9.87. The number of para-hydroxylation sites is 1. The Hall–Kier alpha value is -2.92. The Morgan fingerprint density at radius 2 is 1.86 bits per heavy atom. The van der Waals surface area contributed by atoms with E-state index in [1.807, 2.05) is 55.9 Å². The first-order valence-electron chi connectivity index (χ1n) is 10.2. The van der Waals surface area contributed by atoms with Crippen molar-refractivity contribution in [2.45, 2.75) is 39.2 Å². The summed E-state index contributed by atoms with van der Waals surface area (Å²) >= 11 is 0. The second-order valence-electron chi connectivity index (χ2n) is 7.86. The molecular weight excluding hydrogens is 360 g/mol. The van der Waals surface area contributed by atoms with Crippen LogP contribution in [-0.2, 0) is 11.2 Å². The molecule has 1 atom stereocenters. The van der Waals surface area contributed by atoms with E-state index in [0.717, 1.165) is 42.0 Å². The van der Waals surface area contributed by atoms with Gasteiger partial charge in [-0.15, -0.1) is 0 Å². The fourth-order valence-corrected chi connectivity index (χ4v) is 4.35. The number of carbonyl (C=O) groups excluding carboxylic acids is 1. The topological polar surface area (TPSA) is 50.2 Å². The molecule has 1 heterocycles. The molecule has 0 bridgehead atoms. The van der Waals surface area contributed by atoms with E-state index >= 15 is 0 Å². The molecule has 1 amide bonds. The van der Waals surface area contributed by atoms with Gasteiger partial charge in [0.15, 0.2) is 0 Å². The molecule has 1 N–H and O–H groups in total. The number of anilines is 1. The van der Waals surface area contributed by atoms with Crippen LogP contribution in [0, 0.1) is 13.8 Å². The molecular formula is C24H28N4O. The van der Waals surface area contributed by atoms with Gasteiger partial charge in [-0.1, -0.05) is 42.5 Å². The predicted molar refractivity (Wildman–Crippen MR) is 116 cm³/mol. The lowest BCUT2D eigenvalue weighted by Gasteiger charge is -2.32. The molecule has 29 heavy (non-hydrogen) atoms. The molecule has 0 aliphatic heterocycles. The zero-order chi connectivity index (χ0) is 20.4. The van der Waals surface area contributed by atoms with Crippen LogP contribution in [0.3, 0.4) is 0 Å². The number of nitrogens with zero attached hydrogens (tertiary/aromatic N) is 3. The van der Waals surface area contributed by atoms with E-state index in [4.69, 9.17) is 0 Å². The van der Waals surface area contributed by atoms with Gasteiger partial charge in [-0.3, -0.25) is 9.69 Å². The Morgan fingerprint density at radius 1 is 1.14 bits per heavy atom. The standard InChI is InChI=1S/C24H28N4O/c1-17-24(18(2)28(26-17)20-12-5-4-6-13-20)25-23(29)16-27(3)22-15-9-11-19-10-7-8-14-21(19)22/h4-8,10,12-14,22H,9,11,15-16H2,1-3H3,(H,25,29). The van der Waals surface area contributed by atoms with Gasteiger partial charge in [0.2, 0.25) is 5.91 Å². The van der Waals surface area contributed by atoms with Gasteiger partial charge >= 0.3 is 0 Å². The maximum atomic E-state index is 12.8. The highest BCUT2D eigenvalue weighted by Crippen LogP contribution is 2.33. The van der Waals surface area contributed by atoms with E-state index in [9.17, 15) is 4.79 Å². The van der Waals surface area contributed by atoms with Crippen molar-refractivity contribution < 1.29 is 4.79 Å². The number of aromatic nitrogens is 2. The van der Waals surface area contributed by atoms with Crippen molar-refractivity contribution >= 4 is 11.6 Å². The van der Waals surface area contributed by atoms with Crippen molar-refractivity contribution in [3.05, 3.63) is 77.1 Å². The van der Waals surface area contributed by atoms with Crippen LogP contribution in [0.15, 0.2) is 54.6 Å². The molecule has 0 spiro atoms. The van der Waals surface area contributed by atoms with Crippen LogP contribution in [0.1, 0.15) is 41.4 Å². The van der Waals surface area contributed by atoms with Crippen LogP contribution < -0.4 is 5.32 Å². The van der Waals surface area contributed by atoms with Crippen LogP contribution in [0.5, 0.6) is 0 Å². The maximum Gasteiger partial charge on any atom is 0.238 e. The number of nitrogens with one attached hydrogen (secondary N) is 1. The minimum atomic E-state index is -0.00522. The van der Waals surface area contributed by atoms with Gasteiger partial charge < -0.3 is 5.32 Å². The lowest BCUT2D eigenvalue weighted by molar-refractivity contribution is -0.117. The molecule has 0 saturated heterocycles. The van der Waals surface area contributed by atoms with Crippen LogP contribution in [0.4, 0.5) is 5.69 Å². The highest BCUT2D eigenvalue weighted by atomic mass is 16.2. The quantitative estimate of drug-likeness (QED) is 0.703. The third-order valence-electron chi connectivity index (χ3n) is 5.82. The first-order chi connectivity index (χ1) is 14.0. The van der Waals surface area contributed by atoms with Gasteiger partial charge in [-0.05, 0) is 63.4 Å². The molecule has 1 unspecified atom stereocenters. The van der Waals surface area contributed by atoms with Crippen molar-refractivity contribution in [3.8, 4) is 5.69 Å². The maximum absolute atomic E-state index is 12.8. The number of amides is 1. The molecule has 150 valence electrons. The van der Waals surface area contributed by atoms with Gasteiger partial charge in [0, 0.05) is 6.04 Å². The molecule has 0 radical (unpaired) electrons. The predicted octanol–water partition coefficient (Wildman–Crippen LogP) is 4.44. The fourth-order valence-electron chi connectivity index (χ4n) is 4.35. The van der Waals surface area contributed by atoms with Gasteiger partial charge in [0.1, 0.15) is 0 Å². The summed E-state index contributed by atoms with van der Waals surface area (Å²) in [5, 5.41) is 7.72. The Balaban J connectivity index is 1.48. The minimum Gasteiger partial charge on any atom is -0.322 e. The molecule has 3 aromatic rings. The van der Waals surface area contributed by atoms with Crippen LogP contribution in [0.25, 0.3) is 5.69 Å². The highest BCUT2D eigenvalue weighted by Gasteiger charge is 2.25.